The van der Waals surface area contributed by atoms with Crippen molar-refractivity contribution in [1.29, 1.82) is 0 Å². The Morgan fingerprint density at radius 3 is 2.55 bits per heavy atom. The maximum atomic E-state index is 11.8. The summed E-state index contributed by atoms with van der Waals surface area (Å²) in [7, 11) is -3.84. The summed E-state index contributed by atoms with van der Waals surface area (Å²) in [4.78, 5) is 0. The van der Waals surface area contributed by atoms with Crippen LogP contribution in [0.2, 0.25) is 10.0 Å². The van der Waals surface area contributed by atoms with Crippen LogP contribution in [0.3, 0.4) is 0 Å². The van der Waals surface area contributed by atoms with E-state index in [1.807, 2.05) is 0 Å². The van der Waals surface area contributed by atoms with E-state index in [-0.39, 0.29) is 19.8 Å². The average Bonchev–Trinajstić information content (AvgIpc) is 2.94. The Hall–Kier alpha value is -1.28. The van der Waals surface area contributed by atoms with E-state index in [1.165, 1.54) is 6.07 Å². The lowest BCUT2D eigenvalue weighted by atomic mass is 10.2. The largest absolute Gasteiger partial charge is 0.506 e. The van der Waals surface area contributed by atoms with Crippen LogP contribution >= 0.6 is 34.5 Å². The Morgan fingerprint density at radius 2 is 1.95 bits per heavy atom. The summed E-state index contributed by atoms with van der Waals surface area (Å²) in [6.45, 7) is 0. The smallest absolute Gasteiger partial charge is 0.291 e. The summed E-state index contributed by atoms with van der Waals surface area (Å²) in [6.07, 6.45) is 0.918. The zero-order valence-corrected chi connectivity index (χ0v) is 12.8. The minimum atomic E-state index is -3.84. The number of hydrogen-bond donors (Lipinski definition) is 2. The van der Waals surface area contributed by atoms with E-state index in [1.54, 1.807) is 11.4 Å². The molecule has 1 aromatic carbocycles. The van der Waals surface area contributed by atoms with Gasteiger partial charge in [0.2, 0.25) is 0 Å². The fourth-order valence-corrected chi connectivity index (χ4v) is 3.61. The zero-order chi connectivity index (χ0) is 14.9. The molecule has 2 N–H and O–H groups in total. The third-order valence-electron chi connectivity index (χ3n) is 2.28. The van der Waals surface area contributed by atoms with Crippen molar-refractivity contribution >= 4 is 50.8 Å². The van der Waals surface area contributed by atoms with Crippen molar-refractivity contribution in [3.8, 4) is 11.5 Å². The number of phenols is 2. The highest BCUT2D eigenvalue weighted by molar-refractivity contribution is 7.92. The van der Waals surface area contributed by atoms with E-state index in [9.17, 15) is 18.6 Å². The molecule has 0 spiro atoms. The van der Waals surface area contributed by atoms with E-state index in [0.717, 1.165) is 23.6 Å². The molecule has 9 heteroatoms. The van der Waals surface area contributed by atoms with Gasteiger partial charge in [-0.25, -0.2) is 0 Å². The number of phenolic OH excluding ortho intramolecular Hbond substituents is 2. The predicted molar refractivity (Wildman–Crippen MR) is 78.9 cm³/mol. The van der Waals surface area contributed by atoms with Gasteiger partial charge in [-0.15, -0.1) is 11.3 Å². The highest BCUT2D eigenvalue weighted by atomic mass is 35.5. The Morgan fingerprint density at radius 1 is 1.25 bits per heavy atom. The maximum Gasteiger partial charge on any atom is 0.291 e. The van der Waals surface area contributed by atoms with E-state index < -0.39 is 21.5 Å². The van der Waals surface area contributed by atoms with Gasteiger partial charge < -0.3 is 10.2 Å². The molecule has 1 heterocycles. The summed E-state index contributed by atoms with van der Waals surface area (Å²) in [5, 5.41) is 20.2. The van der Waals surface area contributed by atoms with Gasteiger partial charge in [0.05, 0.1) is 11.2 Å². The highest BCUT2D eigenvalue weighted by Gasteiger charge is 2.16. The van der Waals surface area contributed by atoms with Crippen LogP contribution in [0.5, 0.6) is 11.5 Å². The van der Waals surface area contributed by atoms with Gasteiger partial charge in [-0.3, -0.25) is 0 Å². The number of nitrogens with zero attached hydrogens (tertiary/aromatic N) is 1. The number of hydrogen-bond acceptors (Lipinski definition) is 5. The van der Waals surface area contributed by atoms with Crippen LogP contribution in [-0.4, -0.2) is 24.8 Å². The number of benzene rings is 1. The van der Waals surface area contributed by atoms with E-state index >= 15 is 0 Å². The molecule has 0 saturated carbocycles. The third-order valence-corrected chi connectivity index (χ3v) is 5.53. The lowest BCUT2D eigenvalue weighted by molar-refractivity contribution is 0.450. The second-order valence-corrected chi connectivity index (χ2v) is 7.19. The molecule has 0 bridgehead atoms. The molecule has 0 radical (unpaired) electrons. The van der Waals surface area contributed by atoms with Gasteiger partial charge in [0, 0.05) is 5.56 Å². The van der Waals surface area contributed by atoms with Crippen LogP contribution in [0.15, 0.2) is 32.2 Å². The highest BCUT2D eigenvalue weighted by Crippen LogP contribution is 2.40. The summed E-state index contributed by atoms with van der Waals surface area (Å²) >= 11 is 12.4. The van der Waals surface area contributed by atoms with Crippen LogP contribution in [0, 0.1) is 0 Å². The lowest BCUT2D eigenvalue weighted by Crippen LogP contribution is -1.95. The molecule has 2 aromatic rings. The first kappa shape index (κ1) is 15.1. The molecule has 5 nitrogen and oxygen atoms in total. The normalized spacial score (nSPS) is 12.1. The predicted octanol–water partition coefficient (Wildman–Crippen LogP) is 3.27. The first-order valence-electron chi connectivity index (χ1n) is 5.06. The molecule has 0 atom stereocenters. The number of halogens is 2. The number of rotatable bonds is 3. The minimum absolute atomic E-state index is 0.0158. The summed E-state index contributed by atoms with van der Waals surface area (Å²) in [5.41, 5.74) is -0.0158. The van der Waals surface area contributed by atoms with Crippen LogP contribution in [0.1, 0.15) is 5.56 Å². The topological polar surface area (TPSA) is 87.0 Å². The van der Waals surface area contributed by atoms with Gasteiger partial charge in [0.15, 0.2) is 5.75 Å². The summed E-state index contributed by atoms with van der Waals surface area (Å²) in [6, 6.07) is 4.15. The molecule has 1 aromatic heterocycles. The molecule has 0 saturated heterocycles. The summed E-state index contributed by atoms with van der Waals surface area (Å²) in [5.74, 6) is -0.984. The van der Waals surface area contributed by atoms with Gasteiger partial charge in [-0.2, -0.15) is 12.8 Å². The second-order valence-electron chi connectivity index (χ2n) is 3.60. The van der Waals surface area contributed by atoms with E-state index in [4.69, 9.17) is 23.2 Å². The fourth-order valence-electron chi connectivity index (χ4n) is 1.30. The number of aromatic hydroxyl groups is 2. The quantitative estimate of drug-likeness (QED) is 0.830. The van der Waals surface area contributed by atoms with Gasteiger partial charge in [-0.1, -0.05) is 29.3 Å². The van der Waals surface area contributed by atoms with Gasteiger partial charge in [-0.05, 0) is 17.5 Å². The molecular weight excluding hydrogens is 345 g/mol. The number of thiophene rings is 1. The van der Waals surface area contributed by atoms with Crippen molar-refractivity contribution in [2.75, 3.05) is 0 Å². The van der Waals surface area contributed by atoms with Gasteiger partial charge in [0.25, 0.3) is 10.0 Å². The first-order chi connectivity index (χ1) is 9.33. The van der Waals surface area contributed by atoms with Crippen molar-refractivity contribution in [2.45, 2.75) is 4.21 Å². The molecule has 0 aliphatic carbocycles. The first-order valence-corrected chi connectivity index (χ1v) is 8.14. The number of sulfonamides is 1. The van der Waals surface area contributed by atoms with Crippen molar-refractivity contribution in [2.24, 2.45) is 4.40 Å². The molecule has 0 aliphatic rings. The Balaban J connectivity index is 2.43. The Kier molecular flexibility index (Phi) is 4.24. The van der Waals surface area contributed by atoms with Crippen LogP contribution in [-0.2, 0) is 10.0 Å². The molecule has 2 rings (SSSR count). The van der Waals surface area contributed by atoms with Crippen molar-refractivity contribution < 1.29 is 18.6 Å². The zero-order valence-electron chi connectivity index (χ0n) is 9.62. The van der Waals surface area contributed by atoms with E-state index in [0.29, 0.717) is 0 Å². The van der Waals surface area contributed by atoms with Crippen LogP contribution < -0.4 is 0 Å². The minimum Gasteiger partial charge on any atom is -0.506 e. The maximum absolute atomic E-state index is 11.8. The molecule has 0 aliphatic heterocycles. The van der Waals surface area contributed by atoms with Crippen LogP contribution in [0.25, 0.3) is 0 Å². The van der Waals surface area contributed by atoms with Gasteiger partial charge >= 0.3 is 0 Å². The standard InChI is InChI=1S/C11H7Cl2NO4S2/c12-7-4-6(10(15)9(13)11(7)16)5-14-20(17,18)8-2-1-3-19-8/h1-5,15-16H/b14-5-. The lowest BCUT2D eigenvalue weighted by Gasteiger charge is -2.05. The molecule has 0 fully saturated rings. The molecule has 106 valence electrons. The Labute approximate surface area is 128 Å². The molecule has 0 amide bonds. The van der Waals surface area contributed by atoms with Crippen molar-refractivity contribution in [3.05, 3.63) is 39.2 Å². The van der Waals surface area contributed by atoms with Gasteiger partial charge in [0.1, 0.15) is 15.0 Å². The Bertz CT molecular complexity index is 770. The average molecular weight is 352 g/mol. The SMILES string of the molecule is O=S(=O)(/N=C\c1cc(Cl)c(O)c(Cl)c1O)c1cccs1. The third kappa shape index (κ3) is 2.90. The monoisotopic (exact) mass is 351 g/mol. The van der Waals surface area contributed by atoms with Crippen LogP contribution in [0.4, 0.5) is 0 Å². The molecular formula is C11H7Cl2NO4S2. The molecule has 0 unspecified atom stereocenters. The van der Waals surface area contributed by atoms with Crippen molar-refractivity contribution in [3.63, 3.8) is 0 Å². The second kappa shape index (κ2) is 5.61. The molecule has 20 heavy (non-hydrogen) atoms. The van der Waals surface area contributed by atoms with Crippen molar-refractivity contribution in [1.82, 2.24) is 0 Å². The summed E-state index contributed by atoms with van der Waals surface area (Å²) < 4.78 is 27.2. The van der Waals surface area contributed by atoms with E-state index in [2.05, 4.69) is 4.40 Å². The fraction of sp³-hybridized carbons (Fsp3) is 0.